The molecule has 1 aromatic carbocycles. The maximum absolute atomic E-state index is 12.7. The van der Waals surface area contributed by atoms with E-state index in [9.17, 15) is 4.39 Å². The van der Waals surface area contributed by atoms with Crippen LogP contribution in [0.25, 0.3) is 0 Å². The van der Waals surface area contributed by atoms with E-state index in [1.54, 1.807) is 0 Å². The van der Waals surface area contributed by atoms with Gasteiger partial charge in [-0.1, -0.05) is 13.8 Å². The fraction of sp³-hybridized carbons (Fsp3) is 0.400. The molecule has 0 fully saturated rings. The van der Waals surface area contributed by atoms with Gasteiger partial charge >= 0.3 is 0 Å². The first-order valence-electron chi connectivity index (χ1n) is 4.20. The Kier molecular flexibility index (Phi) is 3.12. The molecule has 0 saturated carbocycles. The zero-order chi connectivity index (χ0) is 9.84. The van der Waals surface area contributed by atoms with Crippen molar-refractivity contribution >= 4 is 0 Å². The molecular formula is C10H13FO2. The molecule has 0 radical (unpaired) electrons. The molecular weight excluding hydrogens is 171 g/mol. The Morgan fingerprint density at radius 2 is 2.08 bits per heavy atom. The summed E-state index contributed by atoms with van der Waals surface area (Å²) in [6.07, 6.45) is 0. The van der Waals surface area contributed by atoms with Crippen LogP contribution in [0.3, 0.4) is 0 Å². The maximum atomic E-state index is 12.7. The molecule has 3 heteroatoms. The largest absolute Gasteiger partial charge is 0.508 e. The first-order chi connectivity index (χ1) is 6.08. The Morgan fingerprint density at radius 3 is 2.62 bits per heavy atom. The molecule has 0 atom stereocenters. The molecule has 1 rings (SSSR count). The number of phenols is 1. The molecule has 0 saturated heterocycles. The lowest BCUT2D eigenvalue weighted by atomic mass is 10.2. The summed E-state index contributed by atoms with van der Waals surface area (Å²) in [7, 11) is 0. The van der Waals surface area contributed by atoms with Gasteiger partial charge in [-0.05, 0) is 5.92 Å². The Morgan fingerprint density at radius 1 is 1.38 bits per heavy atom. The van der Waals surface area contributed by atoms with Gasteiger partial charge in [-0.2, -0.15) is 0 Å². The van der Waals surface area contributed by atoms with E-state index in [0.717, 1.165) is 6.07 Å². The monoisotopic (exact) mass is 184 g/mol. The lowest BCUT2D eigenvalue weighted by Gasteiger charge is -2.08. The van der Waals surface area contributed by atoms with Crippen molar-refractivity contribution in [2.24, 2.45) is 5.92 Å². The molecule has 0 unspecified atom stereocenters. The third-order valence-corrected chi connectivity index (χ3v) is 1.44. The summed E-state index contributed by atoms with van der Waals surface area (Å²) in [5, 5.41) is 9.04. The Balaban J connectivity index is 2.66. The molecule has 0 heterocycles. The highest BCUT2D eigenvalue weighted by atomic mass is 19.1. The van der Waals surface area contributed by atoms with Gasteiger partial charge in [0.25, 0.3) is 0 Å². The van der Waals surface area contributed by atoms with Crippen LogP contribution in [0.15, 0.2) is 18.2 Å². The number of hydrogen-bond donors (Lipinski definition) is 1. The SMILES string of the molecule is CC(C)COc1cc(O)cc(F)c1. The lowest BCUT2D eigenvalue weighted by molar-refractivity contribution is 0.268. The first kappa shape index (κ1) is 9.84. The Labute approximate surface area is 77.0 Å². The van der Waals surface area contributed by atoms with Gasteiger partial charge in [0, 0.05) is 18.2 Å². The molecule has 0 aromatic heterocycles. The number of rotatable bonds is 3. The van der Waals surface area contributed by atoms with Crippen molar-refractivity contribution < 1.29 is 14.2 Å². The Bertz CT molecular complexity index is 264. The fourth-order valence-electron chi connectivity index (χ4n) is 0.894. The van der Waals surface area contributed by atoms with Crippen molar-refractivity contribution in [2.45, 2.75) is 13.8 Å². The minimum atomic E-state index is -0.487. The molecule has 0 aliphatic carbocycles. The number of halogens is 1. The van der Waals surface area contributed by atoms with E-state index in [2.05, 4.69) is 0 Å². The summed E-state index contributed by atoms with van der Waals surface area (Å²) in [4.78, 5) is 0. The van der Waals surface area contributed by atoms with E-state index in [1.807, 2.05) is 13.8 Å². The van der Waals surface area contributed by atoms with Crippen LogP contribution in [0.2, 0.25) is 0 Å². The maximum Gasteiger partial charge on any atom is 0.130 e. The van der Waals surface area contributed by atoms with Gasteiger partial charge in [0.1, 0.15) is 17.3 Å². The van der Waals surface area contributed by atoms with Crippen LogP contribution in [0.4, 0.5) is 4.39 Å². The summed E-state index contributed by atoms with van der Waals surface area (Å²) in [5.74, 6) is 0.147. The highest BCUT2D eigenvalue weighted by Gasteiger charge is 2.01. The number of phenolic OH excluding ortho intramolecular Hbond substituents is 1. The highest BCUT2D eigenvalue weighted by molar-refractivity contribution is 5.32. The van der Waals surface area contributed by atoms with Crippen LogP contribution >= 0.6 is 0 Å². The van der Waals surface area contributed by atoms with E-state index in [4.69, 9.17) is 9.84 Å². The minimum Gasteiger partial charge on any atom is -0.508 e. The second-order valence-electron chi connectivity index (χ2n) is 3.35. The number of hydrogen-bond acceptors (Lipinski definition) is 2. The summed E-state index contributed by atoms with van der Waals surface area (Å²) in [5.41, 5.74) is 0. The molecule has 0 bridgehead atoms. The summed E-state index contributed by atoms with van der Waals surface area (Å²) in [6, 6.07) is 3.69. The van der Waals surface area contributed by atoms with Gasteiger partial charge in [0.05, 0.1) is 6.61 Å². The second-order valence-corrected chi connectivity index (χ2v) is 3.35. The second kappa shape index (κ2) is 4.12. The normalized spacial score (nSPS) is 10.5. The van der Waals surface area contributed by atoms with Gasteiger partial charge in [-0.3, -0.25) is 0 Å². The van der Waals surface area contributed by atoms with Crippen molar-refractivity contribution in [2.75, 3.05) is 6.61 Å². The highest BCUT2D eigenvalue weighted by Crippen LogP contribution is 2.20. The topological polar surface area (TPSA) is 29.5 Å². The molecule has 0 spiro atoms. The van der Waals surface area contributed by atoms with Crippen molar-refractivity contribution in [3.63, 3.8) is 0 Å². The van der Waals surface area contributed by atoms with Crippen LogP contribution in [-0.4, -0.2) is 11.7 Å². The zero-order valence-corrected chi connectivity index (χ0v) is 7.75. The van der Waals surface area contributed by atoms with Gasteiger partial charge < -0.3 is 9.84 Å². The number of ether oxygens (including phenoxy) is 1. The molecule has 72 valence electrons. The summed E-state index contributed by atoms with van der Waals surface area (Å²) >= 11 is 0. The molecule has 1 aromatic rings. The predicted octanol–water partition coefficient (Wildman–Crippen LogP) is 2.57. The third kappa shape index (κ3) is 3.32. The van der Waals surface area contributed by atoms with Gasteiger partial charge in [0.15, 0.2) is 0 Å². The van der Waals surface area contributed by atoms with Crippen LogP contribution < -0.4 is 4.74 Å². The quantitative estimate of drug-likeness (QED) is 0.782. The summed E-state index contributed by atoms with van der Waals surface area (Å²) < 4.78 is 17.9. The van der Waals surface area contributed by atoms with E-state index in [1.165, 1.54) is 12.1 Å². The standard InChI is InChI=1S/C10H13FO2/c1-7(2)6-13-10-4-8(11)3-9(12)5-10/h3-5,7,12H,6H2,1-2H3. The average Bonchev–Trinajstić information content (AvgIpc) is 1.99. The predicted molar refractivity (Wildman–Crippen MR) is 48.4 cm³/mol. The molecule has 1 N–H and O–H groups in total. The molecule has 13 heavy (non-hydrogen) atoms. The first-order valence-corrected chi connectivity index (χ1v) is 4.20. The van der Waals surface area contributed by atoms with Crippen LogP contribution in [-0.2, 0) is 0 Å². The van der Waals surface area contributed by atoms with E-state index < -0.39 is 5.82 Å². The van der Waals surface area contributed by atoms with Crippen molar-refractivity contribution in [1.29, 1.82) is 0 Å². The van der Waals surface area contributed by atoms with Gasteiger partial charge in [0.2, 0.25) is 0 Å². The molecule has 0 amide bonds. The van der Waals surface area contributed by atoms with Crippen LogP contribution in [0.5, 0.6) is 11.5 Å². The van der Waals surface area contributed by atoms with E-state index >= 15 is 0 Å². The molecule has 0 aliphatic heterocycles. The van der Waals surface area contributed by atoms with Crippen LogP contribution in [0, 0.1) is 11.7 Å². The van der Waals surface area contributed by atoms with E-state index in [-0.39, 0.29) is 5.75 Å². The number of aromatic hydroxyl groups is 1. The van der Waals surface area contributed by atoms with E-state index in [0.29, 0.717) is 18.3 Å². The minimum absolute atomic E-state index is 0.112. The molecule has 2 nitrogen and oxygen atoms in total. The summed E-state index contributed by atoms with van der Waals surface area (Å²) in [6.45, 7) is 4.52. The van der Waals surface area contributed by atoms with Crippen molar-refractivity contribution in [3.05, 3.63) is 24.0 Å². The number of benzene rings is 1. The lowest BCUT2D eigenvalue weighted by Crippen LogP contribution is -2.04. The molecule has 0 aliphatic rings. The van der Waals surface area contributed by atoms with Crippen molar-refractivity contribution in [3.8, 4) is 11.5 Å². The zero-order valence-electron chi connectivity index (χ0n) is 7.75. The third-order valence-electron chi connectivity index (χ3n) is 1.44. The van der Waals surface area contributed by atoms with Gasteiger partial charge in [-0.15, -0.1) is 0 Å². The Hall–Kier alpha value is -1.25. The smallest absolute Gasteiger partial charge is 0.130 e. The van der Waals surface area contributed by atoms with Gasteiger partial charge in [-0.25, -0.2) is 4.39 Å². The van der Waals surface area contributed by atoms with Crippen LogP contribution in [0.1, 0.15) is 13.8 Å². The van der Waals surface area contributed by atoms with Crippen molar-refractivity contribution in [1.82, 2.24) is 0 Å². The average molecular weight is 184 g/mol. The fourth-order valence-corrected chi connectivity index (χ4v) is 0.894.